The molecular formula is C13H12O5S. The normalized spacial score (nSPS) is 13.4. The number of aliphatic carboxylic acids is 1. The van der Waals surface area contributed by atoms with Crippen LogP contribution < -0.4 is 9.47 Å². The largest absolute Gasteiger partial charge is 0.478 e. The minimum Gasteiger partial charge on any atom is -0.478 e. The van der Waals surface area contributed by atoms with E-state index >= 15 is 0 Å². The molecule has 0 fully saturated rings. The summed E-state index contributed by atoms with van der Waals surface area (Å²) in [6.45, 7) is 1.58. The lowest BCUT2D eigenvalue weighted by atomic mass is 10.1. The summed E-state index contributed by atoms with van der Waals surface area (Å²) in [5, 5.41) is 8.98. The smallest absolute Gasteiger partial charge is 0.332 e. The lowest BCUT2D eigenvalue weighted by Crippen LogP contribution is -2.04. The van der Waals surface area contributed by atoms with Gasteiger partial charge in [-0.25, -0.2) is 4.79 Å². The van der Waals surface area contributed by atoms with Crippen LogP contribution in [0.15, 0.2) is 23.8 Å². The molecule has 0 radical (unpaired) electrons. The SMILES string of the molecule is CC(=O)SCC(=Cc1ccc2c(c1)OCO2)C(=O)O. The fraction of sp³-hybridized carbons (Fsp3) is 0.231. The Kier molecular flexibility index (Phi) is 4.11. The molecule has 0 saturated carbocycles. The van der Waals surface area contributed by atoms with Crippen LogP contribution in [-0.2, 0) is 9.59 Å². The molecule has 0 unspecified atom stereocenters. The van der Waals surface area contributed by atoms with Crippen LogP contribution in [0.2, 0.25) is 0 Å². The zero-order valence-corrected chi connectivity index (χ0v) is 11.0. The summed E-state index contributed by atoms with van der Waals surface area (Å²) >= 11 is 0.968. The number of carboxylic acid groups (broad SMARTS) is 1. The van der Waals surface area contributed by atoms with Crippen LogP contribution >= 0.6 is 11.8 Å². The topological polar surface area (TPSA) is 72.8 Å². The number of ether oxygens (including phenoxy) is 2. The first-order valence-electron chi connectivity index (χ1n) is 5.53. The van der Waals surface area contributed by atoms with Crippen LogP contribution in [0.5, 0.6) is 11.5 Å². The van der Waals surface area contributed by atoms with Gasteiger partial charge in [-0.3, -0.25) is 4.79 Å². The van der Waals surface area contributed by atoms with Gasteiger partial charge in [-0.2, -0.15) is 0 Å². The first-order chi connectivity index (χ1) is 9.06. The number of hydrogen-bond donors (Lipinski definition) is 1. The second kappa shape index (κ2) is 5.79. The quantitative estimate of drug-likeness (QED) is 0.852. The van der Waals surface area contributed by atoms with E-state index in [-0.39, 0.29) is 23.2 Å². The fourth-order valence-corrected chi connectivity index (χ4v) is 2.11. The Morgan fingerprint density at radius 3 is 2.79 bits per heavy atom. The Morgan fingerprint density at radius 1 is 1.37 bits per heavy atom. The number of carboxylic acids is 1. The molecule has 1 aromatic rings. The molecule has 1 aliphatic rings. The summed E-state index contributed by atoms with van der Waals surface area (Å²) in [6, 6.07) is 5.18. The maximum atomic E-state index is 11.1. The predicted molar refractivity (Wildman–Crippen MR) is 71.3 cm³/mol. The summed E-state index contributed by atoms with van der Waals surface area (Å²) < 4.78 is 10.4. The first-order valence-corrected chi connectivity index (χ1v) is 6.51. The molecule has 0 saturated heterocycles. The van der Waals surface area contributed by atoms with Gasteiger partial charge in [0.25, 0.3) is 0 Å². The van der Waals surface area contributed by atoms with Gasteiger partial charge in [0.2, 0.25) is 6.79 Å². The van der Waals surface area contributed by atoms with Crippen LogP contribution in [0, 0.1) is 0 Å². The molecule has 100 valence electrons. The predicted octanol–water partition coefficient (Wildman–Crippen LogP) is 2.16. The van der Waals surface area contributed by atoms with Gasteiger partial charge in [0.15, 0.2) is 16.6 Å². The molecule has 0 aliphatic carbocycles. The van der Waals surface area contributed by atoms with Crippen molar-refractivity contribution < 1.29 is 24.2 Å². The number of benzene rings is 1. The van der Waals surface area contributed by atoms with E-state index in [1.165, 1.54) is 13.0 Å². The Bertz CT molecular complexity index is 550. The van der Waals surface area contributed by atoms with Gasteiger partial charge in [-0.05, 0) is 23.8 Å². The molecule has 19 heavy (non-hydrogen) atoms. The zero-order chi connectivity index (χ0) is 13.8. The molecule has 1 aliphatic heterocycles. The van der Waals surface area contributed by atoms with E-state index in [2.05, 4.69) is 0 Å². The summed E-state index contributed by atoms with van der Waals surface area (Å²) in [4.78, 5) is 22.0. The Balaban J connectivity index is 2.20. The molecule has 5 nitrogen and oxygen atoms in total. The first kappa shape index (κ1) is 13.5. The third-order valence-electron chi connectivity index (χ3n) is 2.44. The average molecular weight is 280 g/mol. The van der Waals surface area contributed by atoms with Gasteiger partial charge in [-0.1, -0.05) is 17.8 Å². The van der Waals surface area contributed by atoms with Crippen molar-refractivity contribution in [2.24, 2.45) is 0 Å². The highest BCUT2D eigenvalue weighted by atomic mass is 32.2. The van der Waals surface area contributed by atoms with Gasteiger partial charge in [0, 0.05) is 18.2 Å². The Morgan fingerprint density at radius 2 is 2.11 bits per heavy atom. The summed E-state index contributed by atoms with van der Waals surface area (Å²) in [6.07, 6.45) is 1.53. The summed E-state index contributed by atoms with van der Waals surface area (Å²) in [5.41, 5.74) is 0.866. The highest BCUT2D eigenvalue weighted by Gasteiger charge is 2.14. The maximum Gasteiger partial charge on any atom is 0.332 e. The van der Waals surface area contributed by atoms with Gasteiger partial charge >= 0.3 is 5.97 Å². The van der Waals surface area contributed by atoms with Crippen molar-refractivity contribution in [2.45, 2.75) is 6.92 Å². The van der Waals surface area contributed by atoms with Crippen molar-refractivity contribution in [3.63, 3.8) is 0 Å². The van der Waals surface area contributed by atoms with Crippen molar-refractivity contribution in [3.05, 3.63) is 29.3 Å². The molecule has 1 N–H and O–H groups in total. The second-order valence-electron chi connectivity index (χ2n) is 3.87. The third-order valence-corrected chi connectivity index (χ3v) is 3.31. The lowest BCUT2D eigenvalue weighted by molar-refractivity contribution is -0.132. The van der Waals surface area contributed by atoms with E-state index in [9.17, 15) is 9.59 Å². The van der Waals surface area contributed by atoms with Gasteiger partial charge < -0.3 is 14.6 Å². The van der Waals surface area contributed by atoms with Crippen molar-refractivity contribution in [3.8, 4) is 11.5 Å². The highest BCUT2D eigenvalue weighted by Crippen LogP contribution is 2.33. The number of hydrogen-bond acceptors (Lipinski definition) is 5. The third kappa shape index (κ3) is 3.51. The maximum absolute atomic E-state index is 11.1. The average Bonchev–Trinajstić information content (AvgIpc) is 2.81. The summed E-state index contributed by atoms with van der Waals surface area (Å²) in [5.74, 6) is 0.343. The van der Waals surface area contributed by atoms with Crippen LogP contribution in [0.3, 0.4) is 0 Å². The van der Waals surface area contributed by atoms with Crippen molar-refractivity contribution in [2.75, 3.05) is 12.5 Å². The van der Waals surface area contributed by atoms with Crippen LogP contribution in [0.25, 0.3) is 6.08 Å². The van der Waals surface area contributed by atoms with Crippen molar-refractivity contribution in [1.29, 1.82) is 0 Å². The molecule has 6 heteroatoms. The van der Waals surface area contributed by atoms with E-state index < -0.39 is 5.97 Å². The molecule has 1 aromatic carbocycles. The van der Waals surface area contributed by atoms with Crippen molar-refractivity contribution >= 4 is 28.9 Å². The Labute approximate surface area is 114 Å². The van der Waals surface area contributed by atoms with Crippen LogP contribution in [0.1, 0.15) is 12.5 Å². The zero-order valence-electron chi connectivity index (χ0n) is 10.2. The monoisotopic (exact) mass is 280 g/mol. The van der Waals surface area contributed by atoms with Gasteiger partial charge in [-0.15, -0.1) is 0 Å². The molecule has 0 spiro atoms. The molecule has 0 atom stereocenters. The van der Waals surface area contributed by atoms with E-state index in [0.717, 1.165) is 11.8 Å². The van der Waals surface area contributed by atoms with Crippen molar-refractivity contribution in [1.82, 2.24) is 0 Å². The van der Waals surface area contributed by atoms with E-state index in [0.29, 0.717) is 17.1 Å². The highest BCUT2D eigenvalue weighted by molar-refractivity contribution is 8.13. The molecule has 0 amide bonds. The number of fused-ring (bicyclic) bond motifs is 1. The number of rotatable bonds is 4. The molecular weight excluding hydrogens is 268 g/mol. The standard InChI is InChI=1S/C13H12O5S/c1-8(14)19-6-10(13(15)16)4-9-2-3-11-12(5-9)18-7-17-11/h2-5H,6-7H2,1H3,(H,15,16). The summed E-state index contributed by atoms with van der Waals surface area (Å²) in [7, 11) is 0. The molecule has 0 bridgehead atoms. The Hall–Kier alpha value is -1.95. The molecule has 1 heterocycles. The number of thioether (sulfide) groups is 1. The molecule has 2 rings (SSSR count). The minimum atomic E-state index is -1.04. The van der Waals surface area contributed by atoms with Gasteiger partial charge in [0.05, 0.1) is 0 Å². The van der Waals surface area contributed by atoms with Crippen LogP contribution in [0.4, 0.5) is 0 Å². The number of carbonyl (C=O) groups excluding carboxylic acids is 1. The van der Waals surface area contributed by atoms with E-state index in [4.69, 9.17) is 14.6 Å². The fourth-order valence-electron chi connectivity index (χ4n) is 1.55. The number of carbonyl (C=O) groups is 2. The van der Waals surface area contributed by atoms with Crippen LogP contribution in [-0.4, -0.2) is 28.7 Å². The lowest BCUT2D eigenvalue weighted by Gasteiger charge is -2.02. The van der Waals surface area contributed by atoms with Gasteiger partial charge in [0.1, 0.15) is 0 Å². The van der Waals surface area contributed by atoms with E-state index in [1.54, 1.807) is 18.2 Å². The minimum absolute atomic E-state index is 0.113. The molecule has 0 aromatic heterocycles. The second-order valence-corrected chi connectivity index (χ2v) is 5.02. The van der Waals surface area contributed by atoms with E-state index in [1.807, 2.05) is 0 Å².